The van der Waals surface area contributed by atoms with E-state index in [-0.39, 0.29) is 16.4 Å². The lowest BCUT2D eigenvalue weighted by molar-refractivity contribution is -0.386. The Kier molecular flexibility index (Phi) is 13.3. The molecule has 2 atom stereocenters. The van der Waals surface area contributed by atoms with Crippen LogP contribution >= 0.6 is 23.4 Å². The Morgan fingerprint density at radius 3 is 2.45 bits per heavy atom. The van der Waals surface area contributed by atoms with E-state index in [1.165, 1.54) is 65.3 Å². The van der Waals surface area contributed by atoms with Crippen molar-refractivity contribution in [2.75, 3.05) is 45.0 Å². The average Bonchev–Trinajstić information content (AvgIpc) is 3.22. The van der Waals surface area contributed by atoms with Crippen LogP contribution in [0.3, 0.4) is 0 Å². The van der Waals surface area contributed by atoms with Gasteiger partial charge in [-0.1, -0.05) is 65.7 Å². The first-order chi connectivity index (χ1) is 27.9. The van der Waals surface area contributed by atoms with Crippen molar-refractivity contribution < 1.29 is 13.3 Å². The third kappa shape index (κ3) is 9.96. The van der Waals surface area contributed by atoms with E-state index < -0.39 is 26.2 Å². The minimum atomic E-state index is -4.29. The Morgan fingerprint density at radius 2 is 1.72 bits per heavy atom. The molecule has 0 saturated heterocycles. The van der Waals surface area contributed by atoms with Crippen LogP contribution in [0.4, 0.5) is 11.5 Å². The van der Waals surface area contributed by atoms with Gasteiger partial charge in [-0.3, -0.25) is 19.7 Å². The highest BCUT2D eigenvalue weighted by Gasteiger charge is 2.31. The number of nitro benzene ring substituents is 1. The number of aromatic nitrogens is 2. The first-order valence-electron chi connectivity index (χ1n) is 19.5. The minimum Gasteiger partial charge on any atom is -0.319 e. The number of allylic oxidation sites excluding steroid dienone is 1. The van der Waals surface area contributed by atoms with Gasteiger partial charge in [0, 0.05) is 52.5 Å². The summed E-state index contributed by atoms with van der Waals surface area (Å²) >= 11 is 7.60. The molecule has 2 heterocycles. The van der Waals surface area contributed by atoms with Crippen molar-refractivity contribution in [3.8, 4) is 0 Å². The topological polar surface area (TPSA) is 148 Å². The van der Waals surface area contributed by atoms with E-state index in [9.17, 15) is 18.5 Å². The summed E-state index contributed by atoms with van der Waals surface area (Å²) in [4.78, 5) is 25.9. The number of nitro groups is 1. The molecule has 0 saturated carbocycles. The zero-order valence-corrected chi connectivity index (χ0v) is 35.1. The van der Waals surface area contributed by atoms with Crippen molar-refractivity contribution in [1.29, 1.82) is 0 Å². The highest BCUT2D eigenvalue weighted by atomic mass is 35.5. The lowest BCUT2D eigenvalue weighted by Gasteiger charge is -2.30. The normalized spacial score (nSPS) is 16.3. The Bertz CT molecular complexity index is 2440. The van der Waals surface area contributed by atoms with Gasteiger partial charge in [0.2, 0.25) is 0 Å². The number of benzene rings is 4. The summed E-state index contributed by atoms with van der Waals surface area (Å²) < 4.78 is 30.3. The standard InChI is InChI=1S/C44H48ClN7O4S2/c1-50(2)23-22-39(43(46)57-35-9-4-3-5-10-35)38-19-17-36(27-42(38)52(53)54)58(55,56)49-44-40-18-14-32(26-41(40)47-29-48-44)30-20-24-51(25-21-30)28-33-8-6-7-11-37(33)31-12-15-34(45)16-13-31/h3-5,9-10,12-20,26-27,29,39,43H,6-8,11,21-25,28,46H2,1-2H3,(H,47,48,49). The summed E-state index contributed by atoms with van der Waals surface area (Å²) in [6.07, 6.45) is 9.64. The number of thioether (sulfide) groups is 1. The number of halogens is 1. The van der Waals surface area contributed by atoms with E-state index in [2.05, 4.69) is 37.8 Å². The van der Waals surface area contributed by atoms with Crippen LogP contribution in [0.2, 0.25) is 5.02 Å². The van der Waals surface area contributed by atoms with Crippen LogP contribution in [0.15, 0.2) is 119 Å². The molecule has 0 fully saturated rings. The molecule has 2 aliphatic rings. The first kappa shape index (κ1) is 41.5. The number of sulfonamides is 1. The molecule has 1 aromatic heterocycles. The van der Waals surface area contributed by atoms with Gasteiger partial charge in [0.25, 0.3) is 15.7 Å². The Hall–Kier alpha value is -4.63. The fourth-order valence-electron chi connectivity index (χ4n) is 7.85. The molecule has 14 heteroatoms. The predicted octanol–water partition coefficient (Wildman–Crippen LogP) is 9.22. The number of nitrogens with one attached hydrogen (secondary N) is 1. The second kappa shape index (κ2) is 18.5. The van der Waals surface area contributed by atoms with Crippen LogP contribution in [0.5, 0.6) is 0 Å². The third-order valence-electron chi connectivity index (χ3n) is 10.9. The Balaban J connectivity index is 1.08. The zero-order valence-electron chi connectivity index (χ0n) is 32.7. The fraction of sp³-hybridized carbons (Fsp3) is 0.318. The molecule has 3 N–H and O–H groups in total. The largest absolute Gasteiger partial charge is 0.319 e. The fourth-order valence-corrected chi connectivity index (χ4v) is 10.1. The van der Waals surface area contributed by atoms with Crippen molar-refractivity contribution in [1.82, 2.24) is 19.8 Å². The zero-order chi connectivity index (χ0) is 40.8. The number of hydrogen-bond donors (Lipinski definition) is 2. The average molecular weight is 838 g/mol. The molecule has 0 radical (unpaired) electrons. The number of hydrogen-bond acceptors (Lipinski definition) is 10. The molecule has 7 rings (SSSR count). The van der Waals surface area contributed by atoms with Crippen molar-refractivity contribution in [3.63, 3.8) is 0 Å². The van der Waals surface area contributed by atoms with Crippen molar-refractivity contribution in [3.05, 3.63) is 141 Å². The van der Waals surface area contributed by atoms with E-state index >= 15 is 0 Å². The number of anilines is 1. The maximum Gasteiger partial charge on any atom is 0.274 e. The number of nitrogens with zero attached hydrogens (tertiary/aromatic N) is 5. The molecule has 1 aliphatic heterocycles. The summed E-state index contributed by atoms with van der Waals surface area (Å²) in [5, 5.41) is 13.3. The lowest BCUT2D eigenvalue weighted by Crippen LogP contribution is -2.31. The number of nitrogens with two attached hydrogens (primary N) is 1. The van der Waals surface area contributed by atoms with E-state index in [1.54, 1.807) is 0 Å². The van der Waals surface area contributed by atoms with Gasteiger partial charge in [-0.15, -0.1) is 11.8 Å². The summed E-state index contributed by atoms with van der Waals surface area (Å²) in [5.74, 6) is -0.336. The SMILES string of the molecule is CN(C)CCC(c1ccc(S(=O)(=O)Nc2ncnc3cc(C4=CCN(CC5=C(c6ccc(Cl)cc6)CCCC5)CC4)ccc23)cc1[N+](=O)[O-])C(N)Sc1ccccc1. The van der Waals surface area contributed by atoms with E-state index in [0.29, 0.717) is 29.4 Å². The molecule has 0 bridgehead atoms. The molecular weight excluding hydrogens is 790 g/mol. The van der Waals surface area contributed by atoms with Gasteiger partial charge < -0.3 is 10.6 Å². The van der Waals surface area contributed by atoms with Crippen molar-refractivity contribution in [2.24, 2.45) is 5.73 Å². The quantitative estimate of drug-likeness (QED) is 0.0453. The minimum absolute atomic E-state index is 0.0921. The summed E-state index contributed by atoms with van der Waals surface area (Å²) in [7, 11) is -0.432. The molecule has 0 amide bonds. The second-order valence-corrected chi connectivity index (χ2v) is 18.5. The highest BCUT2D eigenvalue weighted by molar-refractivity contribution is 8.00. The molecule has 4 aromatic carbocycles. The third-order valence-corrected chi connectivity index (χ3v) is 13.7. The molecular formula is C44H48ClN7O4S2. The second-order valence-electron chi connectivity index (χ2n) is 15.1. The molecule has 11 nitrogen and oxygen atoms in total. The molecule has 5 aromatic rings. The maximum absolute atomic E-state index is 13.8. The predicted molar refractivity (Wildman–Crippen MR) is 236 cm³/mol. The van der Waals surface area contributed by atoms with Crippen molar-refractivity contribution >= 4 is 66.9 Å². The van der Waals surface area contributed by atoms with E-state index in [1.807, 2.05) is 79.7 Å². The molecule has 58 heavy (non-hydrogen) atoms. The van der Waals surface area contributed by atoms with Gasteiger partial charge >= 0.3 is 0 Å². The molecule has 2 unspecified atom stereocenters. The van der Waals surface area contributed by atoms with Gasteiger partial charge in [-0.05, 0) is 124 Å². The summed E-state index contributed by atoms with van der Waals surface area (Å²) in [6.45, 7) is 3.34. The Labute approximate surface area is 349 Å². The summed E-state index contributed by atoms with van der Waals surface area (Å²) in [5.41, 5.74) is 13.9. The van der Waals surface area contributed by atoms with E-state index in [0.717, 1.165) is 60.4 Å². The first-order valence-corrected chi connectivity index (χ1v) is 22.3. The maximum atomic E-state index is 13.8. The van der Waals surface area contributed by atoms with Crippen LogP contribution in [0.1, 0.15) is 61.1 Å². The van der Waals surface area contributed by atoms with Gasteiger partial charge in [0.05, 0.1) is 20.7 Å². The van der Waals surface area contributed by atoms with Crippen molar-refractivity contribution in [2.45, 2.75) is 59.6 Å². The molecule has 1 aliphatic carbocycles. The van der Waals surface area contributed by atoms with Gasteiger partial charge in [0.1, 0.15) is 6.33 Å². The van der Waals surface area contributed by atoms with Gasteiger partial charge in [0.15, 0.2) is 5.82 Å². The smallest absolute Gasteiger partial charge is 0.274 e. The Morgan fingerprint density at radius 1 is 0.966 bits per heavy atom. The van der Waals surface area contributed by atoms with Crippen LogP contribution in [0.25, 0.3) is 22.0 Å². The molecule has 0 spiro atoms. The van der Waals surface area contributed by atoms with Crippen LogP contribution < -0.4 is 10.5 Å². The monoisotopic (exact) mass is 837 g/mol. The molecule has 302 valence electrons. The van der Waals surface area contributed by atoms with Gasteiger partial charge in [-0.25, -0.2) is 18.4 Å². The van der Waals surface area contributed by atoms with Gasteiger partial charge in [-0.2, -0.15) is 0 Å². The van der Waals surface area contributed by atoms with Crippen LogP contribution in [0, 0.1) is 10.1 Å². The number of rotatable bonds is 15. The van der Waals surface area contributed by atoms with E-state index in [4.69, 9.17) is 17.3 Å². The number of fused-ring (bicyclic) bond motifs is 1. The lowest BCUT2D eigenvalue weighted by atomic mass is 9.87. The van der Waals surface area contributed by atoms with Crippen LogP contribution in [-0.2, 0) is 10.0 Å². The highest BCUT2D eigenvalue weighted by Crippen LogP contribution is 2.39. The van der Waals surface area contributed by atoms with Crippen LogP contribution in [-0.4, -0.2) is 78.8 Å². The summed E-state index contributed by atoms with van der Waals surface area (Å²) in [6, 6.07) is 27.6.